The fraction of sp³-hybridized carbons (Fsp3) is 0.538. The lowest BCUT2D eigenvalue weighted by molar-refractivity contribution is 0.0663. The van der Waals surface area contributed by atoms with Crippen LogP contribution in [0.2, 0.25) is 0 Å². The van der Waals surface area contributed by atoms with Gasteiger partial charge in [0.1, 0.15) is 17.7 Å². The maximum absolute atomic E-state index is 13.0. The normalized spacial score (nSPS) is 25.3. The van der Waals surface area contributed by atoms with Gasteiger partial charge in [-0.15, -0.1) is 0 Å². The van der Waals surface area contributed by atoms with Gasteiger partial charge in [-0.2, -0.15) is 0 Å². The highest BCUT2D eigenvalue weighted by Gasteiger charge is 2.31. The van der Waals surface area contributed by atoms with Crippen LogP contribution in [-0.2, 0) is 6.42 Å². The van der Waals surface area contributed by atoms with E-state index < -0.39 is 0 Å². The number of fused-ring (bicyclic) bond motifs is 1. The molecule has 1 aliphatic carbocycles. The summed E-state index contributed by atoms with van der Waals surface area (Å²) >= 11 is 0. The van der Waals surface area contributed by atoms with Crippen LogP contribution in [-0.4, -0.2) is 6.10 Å². The van der Waals surface area contributed by atoms with Crippen molar-refractivity contribution in [1.29, 1.82) is 0 Å². The summed E-state index contributed by atoms with van der Waals surface area (Å²) < 4.78 is 18.9. The number of hydrogen-bond acceptors (Lipinski definition) is 1. The summed E-state index contributed by atoms with van der Waals surface area (Å²) in [6, 6.07) is 4.86. The van der Waals surface area contributed by atoms with Crippen molar-refractivity contribution in [3.05, 3.63) is 29.6 Å². The molecule has 1 nitrogen and oxygen atoms in total. The second-order valence-corrected chi connectivity index (χ2v) is 4.64. The average Bonchev–Trinajstić information content (AvgIpc) is 2.15. The SMILES string of the molecule is Fc1ccc2c(c1)CCC(C1CCC1)O2. The minimum atomic E-state index is -0.153. The fourth-order valence-corrected chi connectivity index (χ4v) is 2.52. The molecule has 2 heteroatoms. The number of benzene rings is 1. The first kappa shape index (κ1) is 9.20. The van der Waals surface area contributed by atoms with Crippen LogP contribution >= 0.6 is 0 Å². The van der Waals surface area contributed by atoms with Crippen molar-refractivity contribution in [3.8, 4) is 5.75 Å². The third-order valence-corrected chi connectivity index (χ3v) is 3.67. The van der Waals surface area contributed by atoms with Crippen molar-refractivity contribution in [2.75, 3.05) is 0 Å². The molecule has 0 aromatic heterocycles. The number of aryl methyl sites for hydroxylation is 1. The van der Waals surface area contributed by atoms with E-state index in [0.717, 1.165) is 30.1 Å². The molecule has 0 bridgehead atoms. The number of hydrogen-bond donors (Lipinski definition) is 0. The second-order valence-electron chi connectivity index (χ2n) is 4.64. The van der Waals surface area contributed by atoms with Crippen LogP contribution in [0, 0.1) is 11.7 Å². The molecule has 0 radical (unpaired) electrons. The van der Waals surface area contributed by atoms with Crippen LogP contribution in [0.5, 0.6) is 5.75 Å². The van der Waals surface area contributed by atoms with Crippen molar-refractivity contribution >= 4 is 0 Å². The predicted molar refractivity (Wildman–Crippen MR) is 56.5 cm³/mol. The Morgan fingerprint density at radius 3 is 2.80 bits per heavy atom. The maximum atomic E-state index is 13.0. The summed E-state index contributed by atoms with van der Waals surface area (Å²) in [5.41, 5.74) is 1.03. The van der Waals surface area contributed by atoms with E-state index in [4.69, 9.17) is 4.74 Å². The summed E-state index contributed by atoms with van der Waals surface area (Å²) in [6.07, 6.45) is 6.37. The van der Waals surface area contributed by atoms with E-state index in [0.29, 0.717) is 6.10 Å². The quantitative estimate of drug-likeness (QED) is 0.685. The third-order valence-electron chi connectivity index (χ3n) is 3.67. The highest BCUT2D eigenvalue weighted by atomic mass is 19.1. The molecule has 0 amide bonds. The number of halogens is 1. The summed E-state index contributed by atoms with van der Waals surface area (Å²) in [5, 5.41) is 0. The van der Waals surface area contributed by atoms with Crippen LogP contribution in [0.25, 0.3) is 0 Å². The minimum absolute atomic E-state index is 0.153. The molecule has 0 saturated heterocycles. The largest absolute Gasteiger partial charge is 0.490 e. The molecule has 2 aliphatic rings. The molecule has 0 N–H and O–H groups in total. The summed E-state index contributed by atoms with van der Waals surface area (Å²) in [6.45, 7) is 0. The predicted octanol–water partition coefficient (Wildman–Crippen LogP) is 3.32. The molecular formula is C13H15FO. The van der Waals surface area contributed by atoms with Gasteiger partial charge in [0.2, 0.25) is 0 Å². The molecule has 1 heterocycles. The van der Waals surface area contributed by atoms with Gasteiger partial charge in [0, 0.05) is 0 Å². The highest BCUT2D eigenvalue weighted by molar-refractivity contribution is 5.35. The van der Waals surface area contributed by atoms with Gasteiger partial charge in [-0.05, 0) is 55.4 Å². The van der Waals surface area contributed by atoms with Crippen LogP contribution < -0.4 is 4.74 Å². The molecule has 1 saturated carbocycles. The first-order chi connectivity index (χ1) is 7.33. The van der Waals surface area contributed by atoms with Crippen molar-refractivity contribution < 1.29 is 9.13 Å². The Balaban J connectivity index is 1.80. The summed E-state index contributed by atoms with van der Waals surface area (Å²) in [7, 11) is 0. The summed E-state index contributed by atoms with van der Waals surface area (Å²) in [5.74, 6) is 1.50. The number of rotatable bonds is 1. The zero-order chi connectivity index (χ0) is 10.3. The molecule has 1 aliphatic heterocycles. The third kappa shape index (κ3) is 1.62. The molecule has 80 valence electrons. The van der Waals surface area contributed by atoms with Crippen LogP contribution in [0.1, 0.15) is 31.2 Å². The second kappa shape index (κ2) is 3.51. The van der Waals surface area contributed by atoms with Gasteiger partial charge >= 0.3 is 0 Å². The van der Waals surface area contributed by atoms with E-state index in [1.54, 1.807) is 12.1 Å². The van der Waals surface area contributed by atoms with Crippen molar-refractivity contribution in [2.24, 2.45) is 5.92 Å². The Kier molecular flexibility index (Phi) is 2.15. The van der Waals surface area contributed by atoms with Crippen LogP contribution in [0.3, 0.4) is 0 Å². The Hall–Kier alpha value is -1.05. The highest BCUT2D eigenvalue weighted by Crippen LogP contribution is 2.38. The van der Waals surface area contributed by atoms with Crippen molar-refractivity contribution in [1.82, 2.24) is 0 Å². The minimum Gasteiger partial charge on any atom is -0.490 e. The first-order valence-corrected chi connectivity index (χ1v) is 5.78. The molecular weight excluding hydrogens is 191 g/mol. The molecule has 1 aromatic rings. The van der Waals surface area contributed by atoms with Crippen LogP contribution in [0.4, 0.5) is 4.39 Å². The smallest absolute Gasteiger partial charge is 0.123 e. The van der Waals surface area contributed by atoms with E-state index in [2.05, 4.69) is 0 Å². The standard InChI is InChI=1S/C13H15FO/c14-11-5-7-13-10(8-11)4-6-12(15-13)9-2-1-3-9/h5,7-9,12H,1-4,6H2. The van der Waals surface area contributed by atoms with Gasteiger partial charge < -0.3 is 4.74 Å². The van der Waals surface area contributed by atoms with Gasteiger partial charge in [0.25, 0.3) is 0 Å². The van der Waals surface area contributed by atoms with E-state index in [1.807, 2.05) is 0 Å². The van der Waals surface area contributed by atoms with E-state index in [9.17, 15) is 4.39 Å². The molecule has 15 heavy (non-hydrogen) atoms. The Morgan fingerprint density at radius 2 is 2.07 bits per heavy atom. The topological polar surface area (TPSA) is 9.23 Å². The van der Waals surface area contributed by atoms with Crippen LogP contribution in [0.15, 0.2) is 18.2 Å². The molecule has 1 aromatic carbocycles. The lowest BCUT2D eigenvalue weighted by Crippen LogP contribution is -2.34. The molecule has 1 fully saturated rings. The molecule has 0 spiro atoms. The zero-order valence-corrected chi connectivity index (χ0v) is 8.71. The zero-order valence-electron chi connectivity index (χ0n) is 8.71. The summed E-state index contributed by atoms with van der Waals surface area (Å²) in [4.78, 5) is 0. The number of ether oxygens (including phenoxy) is 1. The monoisotopic (exact) mass is 206 g/mol. The van der Waals surface area contributed by atoms with E-state index in [1.165, 1.54) is 25.3 Å². The van der Waals surface area contributed by atoms with E-state index >= 15 is 0 Å². The van der Waals surface area contributed by atoms with E-state index in [-0.39, 0.29) is 5.82 Å². The van der Waals surface area contributed by atoms with Gasteiger partial charge in [-0.1, -0.05) is 6.42 Å². The average molecular weight is 206 g/mol. The molecule has 1 atom stereocenters. The van der Waals surface area contributed by atoms with Gasteiger partial charge in [0.15, 0.2) is 0 Å². The Bertz CT molecular complexity index is 371. The maximum Gasteiger partial charge on any atom is 0.123 e. The molecule has 1 unspecified atom stereocenters. The van der Waals surface area contributed by atoms with Gasteiger partial charge in [-0.25, -0.2) is 4.39 Å². The van der Waals surface area contributed by atoms with Crippen molar-refractivity contribution in [2.45, 2.75) is 38.2 Å². The lowest BCUT2D eigenvalue weighted by atomic mass is 9.78. The van der Waals surface area contributed by atoms with Crippen molar-refractivity contribution in [3.63, 3.8) is 0 Å². The first-order valence-electron chi connectivity index (χ1n) is 5.78. The Morgan fingerprint density at radius 1 is 1.20 bits per heavy atom. The van der Waals surface area contributed by atoms with Gasteiger partial charge in [-0.3, -0.25) is 0 Å². The molecule has 3 rings (SSSR count). The Labute approximate surface area is 89.3 Å². The van der Waals surface area contributed by atoms with Gasteiger partial charge in [0.05, 0.1) is 0 Å². The lowest BCUT2D eigenvalue weighted by Gasteiger charge is -2.37. The fourth-order valence-electron chi connectivity index (χ4n) is 2.52.